The predicted octanol–water partition coefficient (Wildman–Crippen LogP) is 1.31. The number of esters is 1. The monoisotopic (exact) mass is 400 g/mol. The summed E-state index contributed by atoms with van der Waals surface area (Å²) in [7, 11) is 0. The van der Waals surface area contributed by atoms with Crippen molar-refractivity contribution in [2.45, 2.75) is 25.3 Å². The van der Waals surface area contributed by atoms with Gasteiger partial charge in [-0.05, 0) is 24.6 Å². The average Bonchev–Trinajstić information content (AvgIpc) is 2.71. The molecule has 0 aliphatic carbocycles. The number of carbonyl (C=O) groups is 3. The predicted molar refractivity (Wildman–Crippen MR) is 102 cm³/mol. The summed E-state index contributed by atoms with van der Waals surface area (Å²) >= 11 is 0. The van der Waals surface area contributed by atoms with Gasteiger partial charge in [0.1, 0.15) is 6.04 Å². The highest BCUT2D eigenvalue weighted by atomic mass is 16.6. The molecular formula is C19H20N4O6. The summed E-state index contributed by atoms with van der Waals surface area (Å²) in [5.41, 5.74) is 5.97. The normalized spacial score (nSPS) is 12.4. The van der Waals surface area contributed by atoms with Gasteiger partial charge >= 0.3 is 5.97 Å². The van der Waals surface area contributed by atoms with Crippen LogP contribution < -0.4 is 11.1 Å². The molecule has 2 atom stereocenters. The van der Waals surface area contributed by atoms with Crippen LogP contribution >= 0.6 is 0 Å². The standard InChI is InChI=1S/C19H20N4O6/c1-2-29-16(24)10-15(12-5-7-14(8-6-12)23(27)28)17(18(20)25)22-19(26)13-4-3-9-21-11-13/h3-9,11,15,17H,2,10H2,1H3,(H2,20,25)(H,22,26)/t15-,17-/m1/s1. The van der Waals surface area contributed by atoms with Gasteiger partial charge in [-0.15, -0.1) is 0 Å². The molecule has 1 aromatic carbocycles. The van der Waals surface area contributed by atoms with Gasteiger partial charge in [0.25, 0.3) is 11.6 Å². The molecule has 1 aromatic heterocycles. The number of ether oxygens (including phenoxy) is 1. The summed E-state index contributed by atoms with van der Waals surface area (Å²) in [4.78, 5) is 50.9. The Kier molecular flexibility index (Phi) is 7.35. The number of primary amides is 1. The van der Waals surface area contributed by atoms with Crippen molar-refractivity contribution in [3.05, 3.63) is 70.0 Å². The van der Waals surface area contributed by atoms with E-state index < -0.39 is 34.7 Å². The van der Waals surface area contributed by atoms with E-state index in [1.165, 1.54) is 42.7 Å². The Labute approximate surface area is 166 Å². The van der Waals surface area contributed by atoms with Gasteiger partial charge in [0.05, 0.1) is 23.5 Å². The van der Waals surface area contributed by atoms with Crippen LogP contribution in [0.25, 0.3) is 0 Å². The minimum atomic E-state index is -1.26. The van der Waals surface area contributed by atoms with Crippen LogP contribution in [-0.4, -0.2) is 40.3 Å². The molecule has 0 saturated heterocycles. The van der Waals surface area contributed by atoms with E-state index in [-0.39, 0.29) is 24.3 Å². The Hall–Kier alpha value is -3.82. The van der Waals surface area contributed by atoms with E-state index in [0.29, 0.717) is 5.56 Å². The quantitative estimate of drug-likeness (QED) is 0.365. The number of pyridine rings is 1. The molecule has 29 heavy (non-hydrogen) atoms. The van der Waals surface area contributed by atoms with Crippen LogP contribution in [0.3, 0.4) is 0 Å². The molecule has 0 bridgehead atoms. The second-order valence-corrected chi connectivity index (χ2v) is 6.06. The van der Waals surface area contributed by atoms with Crippen LogP contribution in [0.1, 0.15) is 35.2 Å². The molecule has 152 valence electrons. The topological polar surface area (TPSA) is 155 Å². The maximum absolute atomic E-state index is 12.5. The molecule has 3 N–H and O–H groups in total. The van der Waals surface area contributed by atoms with Crippen molar-refractivity contribution in [2.75, 3.05) is 6.61 Å². The van der Waals surface area contributed by atoms with E-state index in [1.807, 2.05) is 0 Å². The highest BCUT2D eigenvalue weighted by molar-refractivity contribution is 5.97. The number of hydrogen-bond acceptors (Lipinski definition) is 7. The molecule has 0 saturated carbocycles. The van der Waals surface area contributed by atoms with Crippen LogP contribution in [0.2, 0.25) is 0 Å². The molecule has 0 fully saturated rings. The van der Waals surface area contributed by atoms with E-state index in [0.717, 1.165) is 0 Å². The van der Waals surface area contributed by atoms with Gasteiger partial charge in [-0.1, -0.05) is 12.1 Å². The highest BCUT2D eigenvalue weighted by Gasteiger charge is 2.32. The van der Waals surface area contributed by atoms with Gasteiger partial charge in [0.15, 0.2) is 0 Å². The molecule has 0 radical (unpaired) electrons. The number of nitrogens with zero attached hydrogens (tertiary/aromatic N) is 2. The summed E-state index contributed by atoms with van der Waals surface area (Å²) in [5.74, 6) is -2.95. The van der Waals surface area contributed by atoms with Crippen LogP contribution in [0.5, 0.6) is 0 Å². The van der Waals surface area contributed by atoms with E-state index in [9.17, 15) is 24.5 Å². The number of hydrogen-bond donors (Lipinski definition) is 2. The summed E-state index contributed by atoms with van der Waals surface area (Å²) in [5, 5.41) is 13.4. The van der Waals surface area contributed by atoms with E-state index in [2.05, 4.69) is 10.3 Å². The summed E-state index contributed by atoms with van der Waals surface area (Å²) in [6.07, 6.45) is 2.55. The lowest BCUT2D eigenvalue weighted by Crippen LogP contribution is -2.48. The third-order valence-electron chi connectivity index (χ3n) is 4.14. The van der Waals surface area contributed by atoms with Crippen molar-refractivity contribution < 1.29 is 24.0 Å². The zero-order chi connectivity index (χ0) is 21.4. The van der Waals surface area contributed by atoms with Gasteiger partial charge in [-0.2, -0.15) is 0 Å². The number of aromatic nitrogens is 1. The van der Waals surface area contributed by atoms with Crippen LogP contribution in [-0.2, 0) is 14.3 Å². The maximum Gasteiger partial charge on any atom is 0.306 e. The number of benzene rings is 1. The van der Waals surface area contributed by atoms with E-state index in [4.69, 9.17) is 10.5 Å². The van der Waals surface area contributed by atoms with Crippen molar-refractivity contribution in [3.63, 3.8) is 0 Å². The second-order valence-electron chi connectivity index (χ2n) is 6.06. The van der Waals surface area contributed by atoms with Gasteiger partial charge in [0, 0.05) is 30.4 Å². The van der Waals surface area contributed by atoms with E-state index in [1.54, 1.807) is 13.0 Å². The first kappa shape index (κ1) is 21.5. The number of carbonyl (C=O) groups excluding carboxylic acids is 3. The Morgan fingerprint density at radius 1 is 1.24 bits per heavy atom. The third kappa shape index (κ3) is 5.83. The van der Waals surface area contributed by atoms with Gasteiger partial charge < -0.3 is 15.8 Å². The van der Waals surface area contributed by atoms with Crippen molar-refractivity contribution in [1.29, 1.82) is 0 Å². The largest absolute Gasteiger partial charge is 0.466 e. The smallest absolute Gasteiger partial charge is 0.306 e. The molecule has 10 nitrogen and oxygen atoms in total. The van der Waals surface area contributed by atoms with Crippen LogP contribution in [0.4, 0.5) is 5.69 Å². The maximum atomic E-state index is 12.5. The van der Waals surface area contributed by atoms with Crippen LogP contribution in [0, 0.1) is 10.1 Å². The van der Waals surface area contributed by atoms with Gasteiger partial charge in [-0.3, -0.25) is 29.5 Å². The lowest BCUT2D eigenvalue weighted by molar-refractivity contribution is -0.384. The molecule has 0 spiro atoms. The summed E-state index contributed by atoms with van der Waals surface area (Å²) in [6.45, 7) is 1.77. The van der Waals surface area contributed by atoms with Crippen molar-refractivity contribution in [3.8, 4) is 0 Å². The number of nitro benzene ring substituents is 1. The fourth-order valence-electron chi connectivity index (χ4n) is 2.76. The molecule has 10 heteroatoms. The van der Waals surface area contributed by atoms with Gasteiger partial charge in [-0.25, -0.2) is 0 Å². The molecule has 0 unspecified atom stereocenters. The molecule has 0 aliphatic rings. The van der Waals surface area contributed by atoms with Crippen molar-refractivity contribution in [1.82, 2.24) is 10.3 Å². The second kappa shape index (κ2) is 9.93. The minimum absolute atomic E-state index is 0.134. The first-order valence-electron chi connectivity index (χ1n) is 8.73. The Morgan fingerprint density at radius 2 is 1.93 bits per heavy atom. The fourth-order valence-corrected chi connectivity index (χ4v) is 2.76. The Morgan fingerprint density at radius 3 is 2.45 bits per heavy atom. The number of nitrogens with two attached hydrogens (primary N) is 1. The first-order chi connectivity index (χ1) is 13.8. The lowest BCUT2D eigenvalue weighted by atomic mass is 9.87. The number of amides is 2. The number of rotatable bonds is 9. The molecule has 2 rings (SSSR count). The molecular weight excluding hydrogens is 380 g/mol. The van der Waals surface area contributed by atoms with Crippen LogP contribution in [0.15, 0.2) is 48.8 Å². The van der Waals surface area contributed by atoms with Crippen molar-refractivity contribution in [2.24, 2.45) is 5.73 Å². The SMILES string of the molecule is CCOC(=O)C[C@H](c1ccc([N+](=O)[O-])cc1)[C@@H](NC(=O)c1cccnc1)C(N)=O. The zero-order valence-electron chi connectivity index (χ0n) is 15.6. The zero-order valence-corrected chi connectivity index (χ0v) is 15.6. The minimum Gasteiger partial charge on any atom is -0.466 e. The fraction of sp³-hybridized carbons (Fsp3) is 0.263. The average molecular weight is 400 g/mol. The van der Waals surface area contributed by atoms with E-state index >= 15 is 0 Å². The number of nitrogens with one attached hydrogen (secondary N) is 1. The molecule has 2 aromatic rings. The number of non-ortho nitro benzene ring substituents is 1. The summed E-state index contributed by atoms with van der Waals surface area (Å²) in [6, 6.07) is 7.12. The summed E-state index contributed by atoms with van der Waals surface area (Å²) < 4.78 is 4.95. The molecule has 2 amide bonds. The van der Waals surface area contributed by atoms with Crippen molar-refractivity contribution >= 4 is 23.5 Å². The van der Waals surface area contributed by atoms with Gasteiger partial charge in [0.2, 0.25) is 5.91 Å². The highest BCUT2D eigenvalue weighted by Crippen LogP contribution is 2.27. The number of nitro groups is 1. The lowest BCUT2D eigenvalue weighted by Gasteiger charge is -2.25. The molecule has 1 heterocycles. The Balaban J connectivity index is 2.36. The molecule has 0 aliphatic heterocycles. The third-order valence-corrected chi connectivity index (χ3v) is 4.14. The first-order valence-corrected chi connectivity index (χ1v) is 8.73. The Bertz CT molecular complexity index is 885.